The lowest BCUT2D eigenvalue weighted by atomic mass is 10.0. The Morgan fingerprint density at radius 2 is 2.05 bits per heavy atom. The molecule has 0 radical (unpaired) electrons. The molecule has 1 aromatic rings. The molecule has 1 N–H and O–H groups in total. The number of hydrogen-bond acceptors (Lipinski definition) is 3. The van der Waals surface area contributed by atoms with Gasteiger partial charge in [0.25, 0.3) is 0 Å². The molecule has 3 nitrogen and oxygen atoms in total. The van der Waals surface area contributed by atoms with Gasteiger partial charge in [0.15, 0.2) is 0 Å². The lowest BCUT2D eigenvalue weighted by Crippen LogP contribution is -2.42. The van der Waals surface area contributed by atoms with Crippen molar-refractivity contribution in [1.29, 1.82) is 0 Å². The van der Waals surface area contributed by atoms with Gasteiger partial charge in [0.2, 0.25) is 0 Å². The maximum Gasteiger partial charge on any atom is 0.0423 e. The molecule has 1 saturated heterocycles. The fraction of sp³-hybridized carbons (Fsp3) is 0.647. The molecule has 1 fully saturated rings. The summed E-state index contributed by atoms with van der Waals surface area (Å²) >= 11 is 3.62. The topological polar surface area (TPSA) is 18.5 Å². The summed E-state index contributed by atoms with van der Waals surface area (Å²) in [7, 11) is 4.47. The van der Waals surface area contributed by atoms with Gasteiger partial charge in [-0.2, -0.15) is 0 Å². The van der Waals surface area contributed by atoms with E-state index in [0.29, 0.717) is 6.04 Å². The average molecular weight is 354 g/mol. The Bertz CT molecular complexity index is 442. The molecular formula is C17H28BrN3. The Hall–Kier alpha value is -0.580. The molecule has 0 aliphatic carbocycles. The number of benzene rings is 1. The van der Waals surface area contributed by atoms with Crippen LogP contribution in [0.25, 0.3) is 0 Å². The first kappa shape index (κ1) is 16.8. The molecule has 2 rings (SSSR count). The van der Waals surface area contributed by atoms with Crippen LogP contribution in [0.3, 0.4) is 0 Å². The summed E-state index contributed by atoms with van der Waals surface area (Å²) in [6, 6.07) is 7.31. The fourth-order valence-corrected chi connectivity index (χ4v) is 3.34. The highest BCUT2D eigenvalue weighted by Crippen LogP contribution is 2.28. The van der Waals surface area contributed by atoms with Crippen molar-refractivity contribution in [2.75, 3.05) is 38.6 Å². The van der Waals surface area contributed by atoms with Crippen molar-refractivity contribution in [3.63, 3.8) is 0 Å². The number of rotatable bonds is 6. The first-order valence-corrected chi connectivity index (χ1v) is 8.81. The van der Waals surface area contributed by atoms with Crippen LogP contribution in [0.1, 0.15) is 31.7 Å². The number of piperidine rings is 1. The van der Waals surface area contributed by atoms with E-state index in [1.807, 2.05) is 0 Å². The van der Waals surface area contributed by atoms with Gasteiger partial charge in [0, 0.05) is 29.8 Å². The molecule has 4 heteroatoms. The third-order valence-electron chi connectivity index (χ3n) is 4.41. The highest BCUT2D eigenvalue weighted by Gasteiger charge is 2.22. The second kappa shape index (κ2) is 8.16. The normalized spacial score (nSPS) is 17.1. The summed E-state index contributed by atoms with van der Waals surface area (Å²) in [4.78, 5) is 4.91. The maximum atomic E-state index is 3.62. The van der Waals surface area contributed by atoms with E-state index in [4.69, 9.17) is 0 Å². The van der Waals surface area contributed by atoms with E-state index in [1.54, 1.807) is 0 Å². The summed E-state index contributed by atoms with van der Waals surface area (Å²) in [5, 5.41) is 3.53. The molecule has 1 aliphatic rings. The van der Waals surface area contributed by atoms with E-state index in [0.717, 1.165) is 17.6 Å². The van der Waals surface area contributed by atoms with E-state index >= 15 is 0 Å². The Morgan fingerprint density at radius 3 is 2.71 bits per heavy atom. The van der Waals surface area contributed by atoms with Gasteiger partial charge in [0.05, 0.1) is 0 Å². The summed E-state index contributed by atoms with van der Waals surface area (Å²) in [5.41, 5.74) is 2.76. The van der Waals surface area contributed by atoms with Crippen molar-refractivity contribution >= 4 is 21.6 Å². The van der Waals surface area contributed by atoms with Crippen molar-refractivity contribution in [1.82, 2.24) is 10.2 Å². The quantitative estimate of drug-likeness (QED) is 0.789. The summed E-state index contributed by atoms with van der Waals surface area (Å²) in [6.07, 6.45) is 3.68. The largest absolute Gasteiger partial charge is 0.371 e. The molecule has 118 valence electrons. The lowest BCUT2D eigenvalue weighted by molar-refractivity contribution is 0.252. The number of anilines is 1. The Balaban J connectivity index is 2.10. The molecule has 1 heterocycles. The van der Waals surface area contributed by atoms with Crippen molar-refractivity contribution in [2.24, 2.45) is 0 Å². The van der Waals surface area contributed by atoms with Crippen LogP contribution in [-0.2, 0) is 6.54 Å². The SMILES string of the molecule is CCCNCc1ccc(Br)cc1N(C)C1CCN(C)CC1. The monoisotopic (exact) mass is 353 g/mol. The lowest BCUT2D eigenvalue weighted by Gasteiger charge is -2.37. The molecule has 21 heavy (non-hydrogen) atoms. The molecule has 0 aromatic heterocycles. The molecule has 0 amide bonds. The van der Waals surface area contributed by atoms with Crippen LogP contribution in [-0.4, -0.2) is 44.7 Å². The molecule has 1 aliphatic heterocycles. The highest BCUT2D eigenvalue weighted by molar-refractivity contribution is 9.10. The first-order chi connectivity index (χ1) is 10.1. The third-order valence-corrected chi connectivity index (χ3v) is 4.90. The fourth-order valence-electron chi connectivity index (χ4n) is 2.99. The number of nitrogens with zero attached hydrogens (tertiary/aromatic N) is 2. The Labute approximate surface area is 137 Å². The predicted octanol–water partition coefficient (Wildman–Crippen LogP) is 3.48. The zero-order valence-electron chi connectivity index (χ0n) is 13.5. The van der Waals surface area contributed by atoms with Gasteiger partial charge in [0.1, 0.15) is 0 Å². The van der Waals surface area contributed by atoms with Gasteiger partial charge in [-0.1, -0.05) is 28.9 Å². The molecule has 0 saturated carbocycles. The number of halogens is 1. The maximum absolute atomic E-state index is 3.62. The Kier molecular flexibility index (Phi) is 6.52. The molecular weight excluding hydrogens is 326 g/mol. The minimum atomic E-state index is 0.653. The number of likely N-dealkylation sites (tertiary alicyclic amines) is 1. The van der Waals surface area contributed by atoms with Crippen molar-refractivity contribution in [2.45, 2.75) is 38.8 Å². The molecule has 0 atom stereocenters. The molecule has 0 spiro atoms. The molecule has 0 bridgehead atoms. The van der Waals surface area contributed by atoms with Crippen LogP contribution in [0, 0.1) is 0 Å². The van der Waals surface area contributed by atoms with E-state index in [9.17, 15) is 0 Å². The molecule has 0 unspecified atom stereocenters. The van der Waals surface area contributed by atoms with E-state index in [1.165, 1.54) is 43.6 Å². The highest BCUT2D eigenvalue weighted by atomic mass is 79.9. The van der Waals surface area contributed by atoms with Crippen molar-refractivity contribution in [3.8, 4) is 0 Å². The van der Waals surface area contributed by atoms with Gasteiger partial charge in [-0.25, -0.2) is 0 Å². The second-order valence-electron chi connectivity index (χ2n) is 6.10. The van der Waals surface area contributed by atoms with Crippen LogP contribution in [0.2, 0.25) is 0 Å². The van der Waals surface area contributed by atoms with Gasteiger partial charge in [-0.15, -0.1) is 0 Å². The van der Waals surface area contributed by atoms with Crippen LogP contribution < -0.4 is 10.2 Å². The van der Waals surface area contributed by atoms with Crippen LogP contribution in [0.4, 0.5) is 5.69 Å². The standard InChI is InChI=1S/C17H28BrN3/c1-4-9-19-13-14-5-6-15(18)12-17(14)21(3)16-7-10-20(2)11-8-16/h5-6,12,16,19H,4,7-11,13H2,1-3H3. The summed E-state index contributed by atoms with van der Waals surface area (Å²) in [5.74, 6) is 0. The Morgan fingerprint density at radius 1 is 1.33 bits per heavy atom. The van der Waals surface area contributed by atoms with Crippen molar-refractivity contribution < 1.29 is 0 Å². The minimum Gasteiger partial charge on any atom is -0.371 e. The smallest absolute Gasteiger partial charge is 0.0423 e. The minimum absolute atomic E-state index is 0.653. The van der Waals surface area contributed by atoms with Gasteiger partial charge in [-0.05, 0) is 63.6 Å². The first-order valence-electron chi connectivity index (χ1n) is 8.02. The van der Waals surface area contributed by atoms with E-state index < -0.39 is 0 Å². The predicted molar refractivity (Wildman–Crippen MR) is 95.1 cm³/mol. The zero-order valence-corrected chi connectivity index (χ0v) is 15.1. The second-order valence-corrected chi connectivity index (χ2v) is 7.01. The van der Waals surface area contributed by atoms with Gasteiger partial charge < -0.3 is 15.1 Å². The molecule has 1 aromatic carbocycles. The van der Waals surface area contributed by atoms with E-state index in [2.05, 4.69) is 70.3 Å². The van der Waals surface area contributed by atoms with Crippen molar-refractivity contribution in [3.05, 3.63) is 28.2 Å². The van der Waals surface area contributed by atoms with Gasteiger partial charge >= 0.3 is 0 Å². The number of nitrogens with one attached hydrogen (secondary N) is 1. The zero-order chi connectivity index (χ0) is 15.2. The number of hydrogen-bond donors (Lipinski definition) is 1. The van der Waals surface area contributed by atoms with Crippen LogP contribution >= 0.6 is 15.9 Å². The summed E-state index contributed by atoms with van der Waals surface area (Å²) < 4.78 is 1.16. The van der Waals surface area contributed by atoms with E-state index in [-0.39, 0.29) is 0 Å². The van der Waals surface area contributed by atoms with Gasteiger partial charge in [-0.3, -0.25) is 0 Å². The third kappa shape index (κ3) is 4.70. The van der Waals surface area contributed by atoms with Crippen LogP contribution in [0.15, 0.2) is 22.7 Å². The summed E-state index contributed by atoms with van der Waals surface area (Å²) in [6.45, 7) is 6.64. The van der Waals surface area contributed by atoms with Crippen LogP contribution in [0.5, 0.6) is 0 Å². The average Bonchev–Trinajstić information content (AvgIpc) is 2.49.